The standard InChI is InChI=1S/C23H22N2O2.C8H12N2/c26-23(25-15-14-24-17-8-2-1-3-9-17)27-16-22-20-12-6-4-10-18(20)19-11-5-7-13-21(19)22;9-6-7-10-8-4-2-1-3-5-8/h1-13,22,24H,14-16H2,(H,25,26);1-5,10H,6-7,9H2. The van der Waals surface area contributed by atoms with Crippen LogP contribution in [0.15, 0.2) is 109 Å². The van der Waals surface area contributed by atoms with Crippen LogP contribution in [0.4, 0.5) is 16.2 Å². The highest BCUT2D eigenvalue weighted by Gasteiger charge is 2.28. The molecule has 0 atom stereocenters. The van der Waals surface area contributed by atoms with E-state index in [0.29, 0.717) is 26.2 Å². The summed E-state index contributed by atoms with van der Waals surface area (Å²) >= 11 is 0. The predicted molar refractivity (Wildman–Crippen MR) is 152 cm³/mol. The van der Waals surface area contributed by atoms with Crippen LogP contribution in [0.25, 0.3) is 11.1 Å². The maximum Gasteiger partial charge on any atom is 0.407 e. The Balaban J connectivity index is 0.000000270. The molecule has 1 aliphatic carbocycles. The topological polar surface area (TPSA) is 88.4 Å². The van der Waals surface area contributed by atoms with Crippen LogP contribution in [-0.4, -0.2) is 38.9 Å². The van der Waals surface area contributed by atoms with Crippen LogP contribution in [0, 0.1) is 0 Å². The van der Waals surface area contributed by atoms with Gasteiger partial charge in [0.2, 0.25) is 0 Å². The van der Waals surface area contributed by atoms with Gasteiger partial charge in [0.1, 0.15) is 6.61 Å². The second-order valence-electron chi connectivity index (χ2n) is 8.63. The Bertz CT molecular complexity index is 1200. The fraction of sp³-hybridized carbons (Fsp3) is 0.194. The lowest BCUT2D eigenvalue weighted by molar-refractivity contribution is 0.143. The van der Waals surface area contributed by atoms with Gasteiger partial charge in [-0.1, -0.05) is 84.9 Å². The summed E-state index contributed by atoms with van der Waals surface area (Å²) in [5.74, 6) is 0.0885. The van der Waals surface area contributed by atoms with Crippen molar-refractivity contribution in [3.8, 4) is 11.1 Å². The summed E-state index contributed by atoms with van der Waals surface area (Å²) in [6, 6.07) is 36.6. The van der Waals surface area contributed by atoms with Crippen LogP contribution in [-0.2, 0) is 4.74 Å². The van der Waals surface area contributed by atoms with E-state index in [2.05, 4.69) is 40.2 Å². The highest BCUT2D eigenvalue weighted by molar-refractivity contribution is 5.79. The lowest BCUT2D eigenvalue weighted by Crippen LogP contribution is -2.30. The molecule has 6 nitrogen and oxygen atoms in total. The van der Waals surface area contributed by atoms with Crippen molar-refractivity contribution in [2.24, 2.45) is 5.73 Å². The van der Waals surface area contributed by atoms with E-state index in [-0.39, 0.29) is 12.0 Å². The van der Waals surface area contributed by atoms with Crippen molar-refractivity contribution >= 4 is 17.5 Å². The number of hydrogen-bond donors (Lipinski definition) is 4. The average Bonchev–Trinajstić information content (AvgIpc) is 3.28. The first-order valence-corrected chi connectivity index (χ1v) is 12.6. The third-order valence-corrected chi connectivity index (χ3v) is 6.09. The first kappa shape index (κ1) is 25.8. The van der Waals surface area contributed by atoms with E-state index in [0.717, 1.165) is 17.9 Å². The number of hydrogen-bond acceptors (Lipinski definition) is 5. The lowest BCUT2D eigenvalue weighted by Gasteiger charge is -2.14. The Labute approximate surface area is 218 Å². The summed E-state index contributed by atoms with van der Waals surface area (Å²) in [5.41, 5.74) is 12.4. The Hall–Kier alpha value is -4.29. The lowest BCUT2D eigenvalue weighted by atomic mass is 9.98. The molecule has 6 heteroatoms. The van der Waals surface area contributed by atoms with Crippen molar-refractivity contribution in [1.29, 1.82) is 0 Å². The number of para-hydroxylation sites is 2. The quantitative estimate of drug-likeness (QED) is 0.224. The maximum atomic E-state index is 12.1. The molecule has 0 aromatic heterocycles. The zero-order valence-electron chi connectivity index (χ0n) is 20.9. The number of nitrogens with two attached hydrogens (primary N) is 1. The molecule has 37 heavy (non-hydrogen) atoms. The number of benzene rings is 4. The molecular weight excluding hydrogens is 460 g/mol. The molecule has 0 saturated carbocycles. The van der Waals surface area contributed by atoms with E-state index in [9.17, 15) is 4.79 Å². The Morgan fingerprint density at radius 1 is 0.649 bits per heavy atom. The smallest absolute Gasteiger partial charge is 0.407 e. The zero-order valence-corrected chi connectivity index (χ0v) is 20.9. The monoisotopic (exact) mass is 494 g/mol. The van der Waals surface area contributed by atoms with Crippen molar-refractivity contribution in [3.63, 3.8) is 0 Å². The minimum absolute atomic E-state index is 0.0885. The Kier molecular flexibility index (Phi) is 9.55. The molecule has 5 rings (SSSR count). The largest absolute Gasteiger partial charge is 0.449 e. The third-order valence-electron chi connectivity index (χ3n) is 6.09. The number of ether oxygens (including phenoxy) is 1. The molecule has 0 spiro atoms. The van der Waals surface area contributed by atoms with Crippen LogP contribution < -0.4 is 21.7 Å². The SMILES string of the molecule is NCCNc1ccccc1.O=C(NCCNc1ccccc1)OCC1c2ccccc2-c2ccccc21. The fourth-order valence-corrected chi connectivity index (χ4v) is 4.35. The zero-order chi connectivity index (χ0) is 25.7. The first-order chi connectivity index (χ1) is 18.3. The van der Waals surface area contributed by atoms with E-state index in [1.54, 1.807) is 0 Å². The number of carbonyl (C=O) groups excluding carboxylic acids is 1. The van der Waals surface area contributed by atoms with Gasteiger partial charge in [-0.2, -0.15) is 0 Å². The molecule has 4 aromatic rings. The van der Waals surface area contributed by atoms with Crippen molar-refractivity contribution in [2.75, 3.05) is 43.4 Å². The molecule has 0 bridgehead atoms. The van der Waals surface area contributed by atoms with Gasteiger partial charge < -0.3 is 26.4 Å². The molecule has 0 radical (unpaired) electrons. The van der Waals surface area contributed by atoms with Crippen molar-refractivity contribution in [2.45, 2.75) is 5.92 Å². The number of alkyl carbamates (subject to hydrolysis) is 1. The average molecular weight is 495 g/mol. The normalized spacial score (nSPS) is 11.4. The number of rotatable bonds is 9. The van der Waals surface area contributed by atoms with Crippen molar-refractivity contribution in [1.82, 2.24) is 5.32 Å². The summed E-state index contributed by atoms with van der Waals surface area (Å²) in [6.45, 7) is 3.00. The fourth-order valence-electron chi connectivity index (χ4n) is 4.35. The predicted octanol–water partition coefficient (Wildman–Crippen LogP) is 5.69. The van der Waals surface area contributed by atoms with Gasteiger partial charge in [0, 0.05) is 43.5 Å². The maximum absolute atomic E-state index is 12.1. The molecule has 0 heterocycles. The van der Waals surface area contributed by atoms with Crippen molar-refractivity contribution in [3.05, 3.63) is 120 Å². The molecule has 0 fully saturated rings. The highest BCUT2D eigenvalue weighted by Crippen LogP contribution is 2.44. The molecule has 0 unspecified atom stereocenters. The van der Waals surface area contributed by atoms with E-state index < -0.39 is 0 Å². The van der Waals surface area contributed by atoms with Gasteiger partial charge in [0.05, 0.1) is 0 Å². The molecule has 190 valence electrons. The molecule has 1 amide bonds. The van der Waals surface area contributed by atoms with Crippen LogP contribution in [0.3, 0.4) is 0 Å². The third kappa shape index (κ3) is 7.35. The Morgan fingerprint density at radius 2 is 1.14 bits per heavy atom. The second kappa shape index (κ2) is 13.7. The number of anilines is 2. The minimum Gasteiger partial charge on any atom is -0.449 e. The number of nitrogens with one attached hydrogen (secondary N) is 3. The van der Waals surface area contributed by atoms with E-state index in [4.69, 9.17) is 10.5 Å². The van der Waals surface area contributed by atoms with Crippen LogP contribution in [0.5, 0.6) is 0 Å². The molecular formula is C31H34N4O2. The van der Waals surface area contributed by atoms with E-state index >= 15 is 0 Å². The summed E-state index contributed by atoms with van der Waals surface area (Å²) in [7, 11) is 0. The summed E-state index contributed by atoms with van der Waals surface area (Å²) in [6.07, 6.45) is -0.383. The molecule has 5 N–H and O–H groups in total. The van der Waals surface area contributed by atoms with Gasteiger partial charge in [0.15, 0.2) is 0 Å². The number of amides is 1. The van der Waals surface area contributed by atoms with E-state index in [1.807, 2.05) is 84.9 Å². The molecule has 0 saturated heterocycles. The number of carbonyl (C=O) groups is 1. The van der Waals surface area contributed by atoms with Gasteiger partial charge in [-0.05, 0) is 46.5 Å². The van der Waals surface area contributed by atoms with Crippen LogP contribution >= 0.6 is 0 Å². The summed E-state index contributed by atoms with van der Waals surface area (Å²) < 4.78 is 5.51. The van der Waals surface area contributed by atoms with Gasteiger partial charge in [-0.25, -0.2) is 4.79 Å². The molecule has 1 aliphatic rings. The van der Waals surface area contributed by atoms with Gasteiger partial charge >= 0.3 is 6.09 Å². The van der Waals surface area contributed by atoms with Crippen molar-refractivity contribution < 1.29 is 9.53 Å². The number of fused-ring (bicyclic) bond motifs is 3. The summed E-state index contributed by atoms with van der Waals surface area (Å²) in [4.78, 5) is 12.1. The highest BCUT2D eigenvalue weighted by atomic mass is 16.5. The van der Waals surface area contributed by atoms with E-state index in [1.165, 1.54) is 22.3 Å². The second-order valence-corrected chi connectivity index (χ2v) is 8.63. The molecule has 4 aromatic carbocycles. The van der Waals surface area contributed by atoms with Gasteiger partial charge in [-0.15, -0.1) is 0 Å². The van der Waals surface area contributed by atoms with Crippen LogP contribution in [0.1, 0.15) is 17.0 Å². The minimum atomic E-state index is -0.383. The van der Waals surface area contributed by atoms with Crippen LogP contribution in [0.2, 0.25) is 0 Å². The van der Waals surface area contributed by atoms with Gasteiger partial charge in [0.25, 0.3) is 0 Å². The van der Waals surface area contributed by atoms with Gasteiger partial charge in [-0.3, -0.25) is 0 Å². The summed E-state index contributed by atoms with van der Waals surface area (Å²) in [5, 5.41) is 9.22. The first-order valence-electron chi connectivity index (χ1n) is 12.6. The molecule has 0 aliphatic heterocycles. The Morgan fingerprint density at radius 3 is 1.68 bits per heavy atom.